The molecule has 0 saturated heterocycles. The Morgan fingerprint density at radius 2 is 1.83 bits per heavy atom. The predicted octanol–water partition coefficient (Wildman–Crippen LogP) is 2.96. The predicted molar refractivity (Wildman–Crippen MR) is 90.3 cm³/mol. The summed E-state index contributed by atoms with van der Waals surface area (Å²) < 4.78 is 6.33. The second-order valence-corrected chi connectivity index (χ2v) is 5.27. The van der Waals surface area contributed by atoms with E-state index in [1.807, 2.05) is 12.1 Å². The second kappa shape index (κ2) is 6.01. The number of nitrogens with zero attached hydrogens (tertiary/aromatic N) is 2. The van der Waals surface area contributed by atoms with E-state index in [0.29, 0.717) is 16.8 Å². The molecule has 2 aromatic carbocycles. The van der Waals surface area contributed by atoms with Crippen molar-refractivity contribution in [3.63, 3.8) is 0 Å². The van der Waals surface area contributed by atoms with E-state index in [2.05, 4.69) is 0 Å². The first kappa shape index (κ1) is 15.5. The van der Waals surface area contributed by atoms with Gasteiger partial charge in [-0.1, -0.05) is 30.3 Å². The summed E-state index contributed by atoms with van der Waals surface area (Å²) in [4.78, 5) is 25.4. The number of nitriles is 1. The summed E-state index contributed by atoms with van der Waals surface area (Å²) in [6.45, 7) is 1.69. The molecule has 0 saturated carbocycles. The van der Waals surface area contributed by atoms with Crippen molar-refractivity contribution in [2.45, 2.75) is 6.92 Å². The molecule has 1 heterocycles. The summed E-state index contributed by atoms with van der Waals surface area (Å²) in [5, 5.41) is 10.0. The van der Waals surface area contributed by atoms with Crippen molar-refractivity contribution in [1.29, 1.82) is 5.26 Å². The fourth-order valence-electron chi connectivity index (χ4n) is 2.90. The maximum atomic E-state index is 13.1. The van der Waals surface area contributed by atoms with Crippen LogP contribution in [0.3, 0.4) is 0 Å². The number of para-hydroxylation sites is 1. The Morgan fingerprint density at radius 1 is 1.12 bits per heavy atom. The fraction of sp³-hybridized carbons (Fsp3) is 0.105. The first-order chi connectivity index (χ1) is 11.6. The van der Waals surface area contributed by atoms with Gasteiger partial charge in [-0.05, 0) is 25.1 Å². The van der Waals surface area contributed by atoms with E-state index in [4.69, 9.17) is 4.74 Å². The van der Waals surface area contributed by atoms with E-state index in [0.717, 1.165) is 0 Å². The number of hydrogen-bond donors (Lipinski definition) is 0. The van der Waals surface area contributed by atoms with Gasteiger partial charge < -0.3 is 4.74 Å². The van der Waals surface area contributed by atoms with Crippen molar-refractivity contribution < 1.29 is 9.53 Å². The van der Waals surface area contributed by atoms with Crippen molar-refractivity contribution in [3.8, 4) is 11.8 Å². The number of fused-ring (bicyclic) bond motifs is 1. The molecule has 0 aliphatic rings. The van der Waals surface area contributed by atoms with Crippen LogP contribution in [0, 0.1) is 18.3 Å². The average molecular weight is 318 g/mol. The van der Waals surface area contributed by atoms with Crippen molar-refractivity contribution >= 4 is 16.7 Å². The Morgan fingerprint density at radius 3 is 2.46 bits per heavy atom. The van der Waals surface area contributed by atoms with Crippen LogP contribution >= 0.6 is 0 Å². The highest BCUT2D eigenvalue weighted by molar-refractivity contribution is 6.06. The first-order valence-electron chi connectivity index (χ1n) is 7.32. The molecule has 3 aromatic rings. The molecule has 3 rings (SSSR count). The lowest BCUT2D eigenvalue weighted by molar-refractivity contribution is 0.0601. The third-order valence-corrected chi connectivity index (χ3v) is 3.97. The fourth-order valence-corrected chi connectivity index (χ4v) is 2.90. The summed E-state index contributed by atoms with van der Waals surface area (Å²) in [6.07, 6.45) is 0. The lowest BCUT2D eigenvalue weighted by Crippen LogP contribution is -2.25. The number of esters is 1. The van der Waals surface area contributed by atoms with Crippen LogP contribution in [-0.4, -0.2) is 17.6 Å². The summed E-state index contributed by atoms with van der Waals surface area (Å²) >= 11 is 0. The lowest BCUT2D eigenvalue weighted by Gasteiger charge is -2.16. The topological polar surface area (TPSA) is 72.1 Å². The van der Waals surface area contributed by atoms with Crippen LogP contribution in [-0.2, 0) is 4.74 Å². The summed E-state index contributed by atoms with van der Waals surface area (Å²) in [5.74, 6) is -0.544. The van der Waals surface area contributed by atoms with E-state index in [9.17, 15) is 14.9 Å². The zero-order valence-corrected chi connectivity index (χ0v) is 13.2. The molecule has 118 valence electrons. The molecule has 0 aliphatic carbocycles. The monoisotopic (exact) mass is 318 g/mol. The number of hydrogen-bond acceptors (Lipinski definition) is 4. The molecule has 0 amide bonds. The molecule has 0 N–H and O–H groups in total. The highest BCUT2D eigenvalue weighted by Crippen LogP contribution is 2.24. The molecule has 0 unspecified atom stereocenters. The zero-order chi connectivity index (χ0) is 17.3. The van der Waals surface area contributed by atoms with Gasteiger partial charge in [-0.25, -0.2) is 4.79 Å². The van der Waals surface area contributed by atoms with Gasteiger partial charge in [-0.3, -0.25) is 9.36 Å². The quantitative estimate of drug-likeness (QED) is 0.681. The van der Waals surface area contributed by atoms with E-state index in [1.54, 1.807) is 49.4 Å². The minimum absolute atomic E-state index is 0.217. The standard InChI is InChI=1S/C19H14N2O3/c1-12-16(19(23)24-2)15-10-6-7-13(11-20)17(15)18(22)21(12)14-8-4-3-5-9-14/h3-10H,1-2H3. The normalized spacial score (nSPS) is 10.4. The molecule has 0 radical (unpaired) electrons. The van der Waals surface area contributed by atoms with E-state index < -0.39 is 5.97 Å². The minimum atomic E-state index is -0.544. The van der Waals surface area contributed by atoms with E-state index in [1.165, 1.54) is 11.7 Å². The molecular weight excluding hydrogens is 304 g/mol. The summed E-state index contributed by atoms with van der Waals surface area (Å²) in [6, 6.07) is 15.9. The van der Waals surface area contributed by atoms with Crippen LogP contribution in [0.4, 0.5) is 0 Å². The highest BCUT2D eigenvalue weighted by atomic mass is 16.5. The molecule has 0 bridgehead atoms. The van der Waals surface area contributed by atoms with Crippen LogP contribution in [0.1, 0.15) is 21.6 Å². The molecule has 0 atom stereocenters. The Labute approximate surface area is 138 Å². The van der Waals surface area contributed by atoms with E-state index >= 15 is 0 Å². The number of carbonyl (C=O) groups is 1. The smallest absolute Gasteiger partial charge is 0.340 e. The Kier molecular flexibility index (Phi) is 3.88. The molecule has 1 aromatic heterocycles. The molecule has 0 spiro atoms. The summed E-state index contributed by atoms with van der Waals surface area (Å²) in [7, 11) is 1.29. The highest BCUT2D eigenvalue weighted by Gasteiger charge is 2.22. The van der Waals surface area contributed by atoms with Gasteiger partial charge in [0.1, 0.15) is 0 Å². The van der Waals surface area contributed by atoms with Crippen LogP contribution in [0.15, 0.2) is 53.3 Å². The van der Waals surface area contributed by atoms with Crippen molar-refractivity contribution in [1.82, 2.24) is 4.57 Å². The van der Waals surface area contributed by atoms with Gasteiger partial charge in [0.05, 0.1) is 29.7 Å². The van der Waals surface area contributed by atoms with Crippen molar-refractivity contribution in [3.05, 3.63) is 75.7 Å². The Balaban J connectivity index is 2.58. The lowest BCUT2D eigenvalue weighted by atomic mass is 10.00. The third-order valence-electron chi connectivity index (χ3n) is 3.97. The Hall–Kier alpha value is -3.39. The largest absolute Gasteiger partial charge is 0.465 e. The Bertz CT molecular complexity index is 1040. The van der Waals surface area contributed by atoms with Gasteiger partial charge in [0.15, 0.2) is 0 Å². The molecule has 0 fully saturated rings. The van der Waals surface area contributed by atoms with Crippen LogP contribution in [0.5, 0.6) is 0 Å². The van der Waals surface area contributed by atoms with Crippen molar-refractivity contribution in [2.75, 3.05) is 7.11 Å². The maximum Gasteiger partial charge on any atom is 0.340 e. The summed E-state index contributed by atoms with van der Waals surface area (Å²) in [5.41, 5.74) is 1.28. The van der Waals surface area contributed by atoms with Gasteiger partial charge in [0.25, 0.3) is 5.56 Å². The van der Waals surface area contributed by atoms with Crippen LogP contribution < -0.4 is 5.56 Å². The first-order valence-corrected chi connectivity index (χ1v) is 7.32. The number of aromatic nitrogens is 1. The van der Waals surface area contributed by atoms with Gasteiger partial charge in [0, 0.05) is 16.8 Å². The van der Waals surface area contributed by atoms with Gasteiger partial charge in [0.2, 0.25) is 0 Å². The zero-order valence-electron chi connectivity index (χ0n) is 13.2. The molecule has 5 heteroatoms. The van der Waals surface area contributed by atoms with Crippen LogP contribution in [0.25, 0.3) is 16.5 Å². The molecule has 5 nitrogen and oxygen atoms in total. The van der Waals surface area contributed by atoms with Gasteiger partial charge >= 0.3 is 5.97 Å². The number of benzene rings is 2. The molecule has 0 aliphatic heterocycles. The van der Waals surface area contributed by atoms with Crippen molar-refractivity contribution in [2.24, 2.45) is 0 Å². The van der Waals surface area contributed by atoms with E-state index in [-0.39, 0.29) is 22.1 Å². The minimum Gasteiger partial charge on any atom is -0.465 e. The number of pyridine rings is 1. The third kappa shape index (κ3) is 2.25. The maximum absolute atomic E-state index is 13.1. The second-order valence-electron chi connectivity index (χ2n) is 5.27. The number of ether oxygens (including phenoxy) is 1. The SMILES string of the molecule is COC(=O)c1c(C)n(-c2ccccc2)c(=O)c2c(C#N)cccc12. The number of carbonyl (C=O) groups excluding carboxylic acids is 1. The average Bonchev–Trinajstić information content (AvgIpc) is 2.61. The van der Waals surface area contributed by atoms with Gasteiger partial charge in [-0.2, -0.15) is 5.26 Å². The number of rotatable bonds is 2. The molecule has 24 heavy (non-hydrogen) atoms. The van der Waals surface area contributed by atoms with Crippen LogP contribution in [0.2, 0.25) is 0 Å². The van der Waals surface area contributed by atoms with Gasteiger partial charge in [-0.15, -0.1) is 0 Å². The molecular formula is C19H14N2O3. The number of methoxy groups -OCH3 is 1.